The predicted molar refractivity (Wildman–Crippen MR) is 68.2 cm³/mol. The minimum Gasteiger partial charge on any atom is -0.389 e. The van der Waals surface area contributed by atoms with Crippen LogP contribution >= 0.6 is 15.9 Å². The van der Waals surface area contributed by atoms with E-state index in [4.69, 9.17) is 0 Å². The van der Waals surface area contributed by atoms with E-state index in [1.807, 2.05) is 6.07 Å². The predicted octanol–water partition coefficient (Wildman–Crippen LogP) is 3.54. The Morgan fingerprint density at radius 2 is 2.25 bits per heavy atom. The monoisotopic (exact) mass is 280 g/mol. The first-order valence-electron chi connectivity index (χ1n) is 6.12. The van der Waals surface area contributed by atoms with Gasteiger partial charge in [0.15, 0.2) is 0 Å². The van der Waals surface area contributed by atoms with Gasteiger partial charge in [-0.1, -0.05) is 28.1 Å². The van der Waals surface area contributed by atoms with Crippen LogP contribution in [0.1, 0.15) is 31.2 Å². The molecule has 86 valence electrons. The van der Waals surface area contributed by atoms with Crippen molar-refractivity contribution < 1.29 is 5.11 Å². The lowest BCUT2D eigenvalue weighted by molar-refractivity contribution is -0.0125. The molecule has 2 fully saturated rings. The van der Waals surface area contributed by atoms with Crippen molar-refractivity contribution in [2.75, 3.05) is 0 Å². The zero-order valence-electron chi connectivity index (χ0n) is 9.32. The van der Waals surface area contributed by atoms with Crippen LogP contribution in [0.5, 0.6) is 0 Å². The second-order valence-electron chi connectivity index (χ2n) is 5.49. The second kappa shape index (κ2) is 3.85. The van der Waals surface area contributed by atoms with Crippen molar-refractivity contribution in [2.45, 2.75) is 37.7 Å². The average Bonchev–Trinajstić information content (AvgIpc) is 2.76. The molecule has 3 unspecified atom stereocenters. The zero-order chi connectivity index (χ0) is 11.2. The van der Waals surface area contributed by atoms with Crippen molar-refractivity contribution in [1.29, 1.82) is 0 Å². The second-order valence-corrected chi connectivity index (χ2v) is 6.41. The zero-order valence-corrected chi connectivity index (χ0v) is 10.9. The van der Waals surface area contributed by atoms with Gasteiger partial charge in [-0.2, -0.15) is 0 Å². The first-order valence-corrected chi connectivity index (χ1v) is 6.92. The molecule has 16 heavy (non-hydrogen) atoms. The molecule has 3 rings (SSSR count). The molecule has 1 N–H and O–H groups in total. The maximum Gasteiger partial charge on any atom is 0.0718 e. The average molecular weight is 281 g/mol. The SMILES string of the molecule is OC1(Cc2cccc(Br)c2)CC2CCC1C2. The van der Waals surface area contributed by atoms with Crippen LogP contribution in [-0.4, -0.2) is 10.7 Å². The molecule has 2 saturated carbocycles. The minimum absolute atomic E-state index is 0.413. The molecule has 2 aliphatic carbocycles. The molecule has 2 heteroatoms. The topological polar surface area (TPSA) is 20.2 Å². The van der Waals surface area contributed by atoms with Crippen LogP contribution in [0, 0.1) is 11.8 Å². The summed E-state index contributed by atoms with van der Waals surface area (Å²) in [6.07, 6.45) is 5.67. The van der Waals surface area contributed by atoms with Gasteiger partial charge < -0.3 is 5.11 Å². The summed E-state index contributed by atoms with van der Waals surface area (Å²) in [6.45, 7) is 0. The van der Waals surface area contributed by atoms with Gasteiger partial charge in [0.2, 0.25) is 0 Å². The lowest BCUT2D eigenvalue weighted by atomic mass is 9.80. The van der Waals surface area contributed by atoms with Crippen LogP contribution in [0.2, 0.25) is 0 Å². The summed E-state index contributed by atoms with van der Waals surface area (Å²) in [7, 11) is 0. The fourth-order valence-electron chi connectivity index (χ4n) is 3.63. The molecule has 0 spiro atoms. The number of hydrogen-bond acceptors (Lipinski definition) is 1. The van der Waals surface area contributed by atoms with Gasteiger partial charge in [0.25, 0.3) is 0 Å². The van der Waals surface area contributed by atoms with E-state index in [9.17, 15) is 5.11 Å². The summed E-state index contributed by atoms with van der Waals surface area (Å²) >= 11 is 3.49. The molecule has 0 radical (unpaired) electrons. The standard InChI is InChI=1S/C14H17BrO/c15-13-3-1-2-10(7-13)8-14(16)9-11-4-5-12(14)6-11/h1-3,7,11-12,16H,4-6,8-9H2. The fourth-order valence-corrected chi connectivity index (χ4v) is 4.08. The van der Waals surface area contributed by atoms with Crippen molar-refractivity contribution in [3.8, 4) is 0 Å². The Labute approximate surface area is 105 Å². The van der Waals surface area contributed by atoms with E-state index in [0.717, 1.165) is 23.2 Å². The largest absolute Gasteiger partial charge is 0.389 e. The quantitative estimate of drug-likeness (QED) is 0.879. The van der Waals surface area contributed by atoms with Gasteiger partial charge in [0.1, 0.15) is 0 Å². The van der Waals surface area contributed by atoms with Crippen LogP contribution in [-0.2, 0) is 6.42 Å². The third-order valence-electron chi connectivity index (χ3n) is 4.34. The molecule has 3 atom stereocenters. The van der Waals surface area contributed by atoms with Crippen molar-refractivity contribution in [2.24, 2.45) is 11.8 Å². The normalized spacial score (nSPS) is 36.9. The van der Waals surface area contributed by atoms with E-state index in [1.165, 1.54) is 24.8 Å². The summed E-state index contributed by atoms with van der Waals surface area (Å²) in [4.78, 5) is 0. The first-order chi connectivity index (χ1) is 7.66. The molecule has 0 saturated heterocycles. The van der Waals surface area contributed by atoms with Gasteiger partial charge in [-0.15, -0.1) is 0 Å². The molecular formula is C14H17BrO. The highest BCUT2D eigenvalue weighted by Crippen LogP contribution is 2.51. The van der Waals surface area contributed by atoms with Crippen LogP contribution in [0.25, 0.3) is 0 Å². The third kappa shape index (κ3) is 1.82. The van der Waals surface area contributed by atoms with Crippen LogP contribution in [0.15, 0.2) is 28.7 Å². The summed E-state index contributed by atoms with van der Waals surface area (Å²) in [5.41, 5.74) is 0.841. The molecule has 1 aromatic carbocycles. The summed E-state index contributed by atoms with van der Waals surface area (Å²) < 4.78 is 1.11. The Morgan fingerprint density at radius 3 is 2.88 bits per heavy atom. The molecule has 0 amide bonds. The van der Waals surface area contributed by atoms with E-state index < -0.39 is 5.60 Å². The molecule has 1 aromatic rings. The van der Waals surface area contributed by atoms with Gasteiger partial charge in [-0.05, 0) is 55.2 Å². The van der Waals surface area contributed by atoms with Crippen LogP contribution in [0.4, 0.5) is 0 Å². The smallest absolute Gasteiger partial charge is 0.0718 e. The Kier molecular flexibility index (Phi) is 2.60. The van der Waals surface area contributed by atoms with Gasteiger partial charge in [-0.25, -0.2) is 0 Å². The lowest BCUT2D eigenvalue weighted by Crippen LogP contribution is -2.37. The van der Waals surface area contributed by atoms with Crippen molar-refractivity contribution in [1.82, 2.24) is 0 Å². The minimum atomic E-state index is -0.413. The Bertz CT molecular complexity index is 403. The number of aliphatic hydroxyl groups is 1. The van der Waals surface area contributed by atoms with Crippen molar-refractivity contribution in [3.05, 3.63) is 34.3 Å². The maximum absolute atomic E-state index is 10.7. The Hall–Kier alpha value is -0.340. The molecule has 2 aliphatic rings. The molecule has 0 aliphatic heterocycles. The van der Waals surface area contributed by atoms with Gasteiger partial charge in [0.05, 0.1) is 5.60 Å². The van der Waals surface area contributed by atoms with Gasteiger partial charge in [0, 0.05) is 10.9 Å². The van der Waals surface area contributed by atoms with Crippen molar-refractivity contribution in [3.63, 3.8) is 0 Å². The molecular weight excluding hydrogens is 264 g/mol. The summed E-state index contributed by atoms with van der Waals surface area (Å²) in [5, 5.41) is 10.7. The number of benzene rings is 1. The maximum atomic E-state index is 10.7. The Balaban J connectivity index is 1.79. The van der Waals surface area contributed by atoms with E-state index in [0.29, 0.717) is 5.92 Å². The molecule has 0 aromatic heterocycles. The number of hydrogen-bond donors (Lipinski definition) is 1. The molecule has 0 heterocycles. The van der Waals surface area contributed by atoms with Crippen LogP contribution < -0.4 is 0 Å². The fraction of sp³-hybridized carbons (Fsp3) is 0.571. The van der Waals surface area contributed by atoms with E-state index in [1.54, 1.807) is 0 Å². The molecule has 2 bridgehead atoms. The first kappa shape index (κ1) is 10.8. The van der Waals surface area contributed by atoms with E-state index >= 15 is 0 Å². The lowest BCUT2D eigenvalue weighted by Gasteiger charge is -2.32. The molecule has 1 nitrogen and oxygen atoms in total. The third-order valence-corrected chi connectivity index (χ3v) is 4.84. The van der Waals surface area contributed by atoms with Crippen LogP contribution in [0.3, 0.4) is 0 Å². The van der Waals surface area contributed by atoms with Crippen molar-refractivity contribution >= 4 is 15.9 Å². The number of fused-ring (bicyclic) bond motifs is 2. The van der Waals surface area contributed by atoms with Gasteiger partial charge in [-0.3, -0.25) is 0 Å². The van der Waals surface area contributed by atoms with E-state index in [-0.39, 0.29) is 0 Å². The summed E-state index contributed by atoms with van der Waals surface area (Å²) in [5.74, 6) is 1.35. The van der Waals surface area contributed by atoms with E-state index in [2.05, 4.69) is 34.1 Å². The van der Waals surface area contributed by atoms with Gasteiger partial charge >= 0.3 is 0 Å². The highest BCUT2D eigenvalue weighted by molar-refractivity contribution is 9.10. The summed E-state index contributed by atoms with van der Waals surface area (Å²) in [6, 6.07) is 8.34. The number of halogens is 1. The number of rotatable bonds is 2. The highest BCUT2D eigenvalue weighted by Gasteiger charge is 2.49. The Morgan fingerprint density at radius 1 is 1.38 bits per heavy atom. The highest BCUT2D eigenvalue weighted by atomic mass is 79.9.